The van der Waals surface area contributed by atoms with Gasteiger partial charge in [0, 0.05) is 17.8 Å². The first kappa shape index (κ1) is 13.4. The summed E-state index contributed by atoms with van der Waals surface area (Å²) >= 11 is 1.32. The van der Waals surface area contributed by atoms with Crippen molar-refractivity contribution in [3.05, 3.63) is 54.4 Å². The molecular formula is C15H10N2O3S. The van der Waals surface area contributed by atoms with E-state index in [1.54, 1.807) is 24.4 Å². The van der Waals surface area contributed by atoms with E-state index >= 15 is 0 Å². The molecule has 5 nitrogen and oxygen atoms in total. The third-order valence-electron chi connectivity index (χ3n) is 2.90. The Balaban J connectivity index is 1.97. The van der Waals surface area contributed by atoms with Crippen LogP contribution in [-0.4, -0.2) is 26.2 Å². The summed E-state index contributed by atoms with van der Waals surface area (Å²) in [6.45, 7) is 0. The van der Waals surface area contributed by atoms with Crippen LogP contribution in [0.2, 0.25) is 0 Å². The lowest BCUT2D eigenvalue weighted by Crippen LogP contribution is -1.96. The third-order valence-corrected chi connectivity index (χ3v) is 3.87. The van der Waals surface area contributed by atoms with Crippen LogP contribution in [0.25, 0.3) is 10.8 Å². The van der Waals surface area contributed by atoms with Crippen LogP contribution >= 0.6 is 11.8 Å². The highest BCUT2D eigenvalue weighted by Crippen LogP contribution is 2.32. The fourth-order valence-corrected chi connectivity index (χ4v) is 2.72. The van der Waals surface area contributed by atoms with Crippen LogP contribution < -0.4 is 0 Å². The lowest BCUT2D eigenvalue weighted by Gasteiger charge is -2.05. The molecule has 0 atom stereocenters. The molecule has 0 bridgehead atoms. The highest BCUT2D eigenvalue weighted by Gasteiger charge is 2.08. The number of aromatic hydroxyl groups is 1. The van der Waals surface area contributed by atoms with Gasteiger partial charge in [0.1, 0.15) is 15.8 Å². The number of carbonyl (C=O) groups is 1. The number of fused-ring (bicyclic) bond motifs is 1. The molecule has 2 aromatic heterocycles. The van der Waals surface area contributed by atoms with Gasteiger partial charge >= 0.3 is 5.97 Å². The molecule has 21 heavy (non-hydrogen) atoms. The van der Waals surface area contributed by atoms with E-state index in [0.717, 1.165) is 10.8 Å². The molecule has 0 unspecified atom stereocenters. The number of benzene rings is 1. The Kier molecular flexibility index (Phi) is 3.45. The van der Waals surface area contributed by atoms with Gasteiger partial charge in [-0.2, -0.15) is 0 Å². The number of carboxylic acid groups (broad SMARTS) is 1. The number of rotatable bonds is 3. The molecule has 3 aromatic rings. The maximum absolute atomic E-state index is 10.8. The number of phenols is 1. The second kappa shape index (κ2) is 5.41. The summed E-state index contributed by atoms with van der Waals surface area (Å²) in [5.74, 6) is -0.834. The summed E-state index contributed by atoms with van der Waals surface area (Å²) in [6.07, 6.45) is 3.00. The van der Waals surface area contributed by atoms with Crippen LogP contribution in [0.3, 0.4) is 0 Å². The fraction of sp³-hybridized carbons (Fsp3) is 0. The van der Waals surface area contributed by atoms with Gasteiger partial charge in [-0.05, 0) is 47.5 Å². The minimum Gasteiger partial charge on any atom is -0.508 e. The maximum atomic E-state index is 10.8. The van der Waals surface area contributed by atoms with E-state index in [9.17, 15) is 9.90 Å². The topological polar surface area (TPSA) is 83.3 Å². The number of aromatic carboxylic acids is 1. The number of pyridine rings is 2. The first-order valence-corrected chi connectivity index (χ1v) is 6.90. The van der Waals surface area contributed by atoms with Gasteiger partial charge in [-0.1, -0.05) is 6.07 Å². The van der Waals surface area contributed by atoms with Gasteiger partial charge in [0.25, 0.3) is 0 Å². The molecule has 3 rings (SSSR count). The summed E-state index contributed by atoms with van der Waals surface area (Å²) in [5.41, 5.74) is 0.142. The number of hydrogen-bond acceptors (Lipinski definition) is 5. The highest BCUT2D eigenvalue weighted by atomic mass is 32.2. The molecular weight excluding hydrogens is 288 g/mol. The number of hydrogen-bond donors (Lipinski definition) is 2. The van der Waals surface area contributed by atoms with Crippen molar-refractivity contribution < 1.29 is 15.0 Å². The lowest BCUT2D eigenvalue weighted by molar-refractivity contribution is 0.0696. The van der Waals surface area contributed by atoms with Crippen molar-refractivity contribution in [1.82, 2.24) is 9.97 Å². The summed E-state index contributed by atoms with van der Waals surface area (Å²) < 4.78 is 0. The van der Waals surface area contributed by atoms with Gasteiger partial charge < -0.3 is 10.2 Å². The van der Waals surface area contributed by atoms with Crippen LogP contribution in [0.4, 0.5) is 0 Å². The smallest absolute Gasteiger partial charge is 0.337 e. The molecule has 0 saturated heterocycles. The van der Waals surface area contributed by atoms with E-state index in [1.165, 1.54) is 24.0 Å². The lowest BCUT2D eigenvalue weighted by atomic mass is 10.2. The van der Waals surface area contributed by atoms with Crippen molar-refractivity contribution in [2.75, 3.05) is 0 Å². The highest BCUT2D eigenvalue weighted by molar-refractivity contribution is 7.99. The van der Waals surface area contributed by atoms with E-state index in [2.05, 4.69) is 9.97 Å². The number of nitrogens with zero attached hydrogens (tertiary/aromatic N) is 2. The molecule has 6 heteroatoms. The van der Waals surface area contributed by atoms with E-state index < -0.39 is 5.97 Å². The summed E-state index contributed by atoms with van der Waals surface area (Å²) in [5, 5.41) is 21.6. The zero-order valence-corrected chi connectivity index (χ0v) is 11.5. The van der Waals surface area contributed by atoms with Gasteiger partial charge in [0.2, 0.25) is 0 Å². The van der Waals surface area contributed by atoms with Crippen molar-refractivity contribution in [3.8, 4) is 5.75 Å². The summed E-state index contributed by atoms with van der Waals surface area (Å²) in [4.78, 5) is 19.2. The van der Waals surface area contributed by atoms with E-state index in [4.69, 9.17) is 5.11 Å². The van der Waals surface area contributed by atoms with Crippen molar-refractivity contribution >= 4 is 28.5 Å². The van der Waals surface area contributed by atoms with Crippen molar-refractivity contribution in [2.24, 2.45) is 0 Å². The predicted molar refractivity (Wildman–Crippen MR) is 78.7 cm³/mol. The van der Waals surface area contributed by atoms with Gasteiger partial charge in [0.05, 0.1) is 5.56 Å². The normalized spacial score (nSPS) is 10.7. The molecule has 0 amide bonds. The molecule has 2 N–H and O–H groups in total. The summed E-state index contributed by atoms with van der Waals surface area (Å²) in [7, 11) is 0. The van der Waals surface area contributed by atoms with Crippen molar-refractivity contribution in [2.45, 2.75) is 10.1 Å². The predicted octanol–water partition coefficient (Wildman–Crippen LogP) is 3.18. The van der Waals surface area contributed by atoms with Gasteiger partial charge in [-0.3, -0.25) is 0 Å². The van der Waals surface area contributed by atoms with Crippen molar-refractivity contribution in [1.29, 1.82) is 0 Å². The Morgan fingerprint density at radius 3 is 2.67 bits per heavy atom. The van der Waals surface area contributed by atoms with Crippen LogP contribution in [0.1, 0.15) is 10.4 Å². The van der Waals surface area contributed by atoms with Gasteiger partial charge in [0.15, 0.2) is 0 Å². The Hall–Kier alpha value is -2.60. The molecule has 104 valence electrons. The van der Waals surface area contributed by atoms with E-state index in [1.807, 2.05) is 12.1 Å². The Labute approximate surface area is 124 Å². The fourth-order valence-electron chi connectivity index (χ4n) is 1.88. The molecule has 0 aliphatic rings. The minimum absolute atomic E-state index is 0.142. The third kappa shape index (κ3) is 2.80. The Morgan fingerprint density at radius 1 is 1.10 bits per heavy atom. The van der Waals surface area contributed by atoms with Crippen LogP contribution in [0, 0.1) is 0 Å². The van der Waals surface area contributed by atoms with Crippen LogP contribution in [-0.2, 0) is 0 Å². The molecule has 0 fully saturated rings. The largest absolute Gasteiger partial charge is 0.508 e. The SMILES string of the molecule is O=C(O)c1ccc(Sc2nccc3ccc(O)cc23)nc1. The molecule has 0 spiro atoms. The average molecular weight is 298 g/mol. The van der Waals surface area contributed by atoms with Gasteiger partial charge in [-0.25, -0.2) is 14.8 Å². The molecule has 1 aromatic carbocycles. The Bertz CT molecular complexity index is 819. The van der Waals surface area contributed by atoms with Crippen LogP contribution in [0.15, 0.2) is 58.8 Å². The average Bonchev–Trinajstić information content (AvgIpc) is 2.48. The Morgan fingerprint density at radius 2 is 1.95 bits per heavy atom. The molecule has 2 heterocycles. The molecule has 0 saturated carbocycles. The first-order valence-electron chi connectivity index (χ1n) is 6.08. The monoisotopic (exact) mass is 298 g/mol. The van der Waals surface area contributed by atoms with Crippen LogP contribution in [0.5, 0.6) is 5.75 Å². The quantitative estimate of drug-likeness (QED) is 0.772. The number of aromatic nitrogens is 2. The standard InChI is InChI=1S/C15H10N2O3S/c18-11-3-1-9-5-6-16-14(12(9)7-11)21-13-4-2-10(8-17-13)15(19)20/h1-8,18H,(H,19,20). The number of phenolic OH excluding ortho intramolecular Hbond substituents is 1. The zero-order chi connectivity index (χ0) is 14.8. The van der Waals surface area contributed by atoms with Gasteiger partial charge in [-0.15, -0.1) is 0 Å². The molecule has 0 aliphatic carbocycles. The number of carboxylic acids is 1. The van der Waals surface area contributed by atoms with Crippen molar-refractivity contribution in [3.63, 3.8) is 0 Å². The summed E-state index contributed by atoms with van der Waals surface area (Å²) in [6, 6.07) is 10.1. The second-order valence-corrected chi connectivity index (χ2v) is 5.32. The maximum Gasteiger partial charge on any atom is 0.337 e. The molecule has 0 aliphatic heterocycles. The molecule has 0 radical (unpaired) electrons. The first-order chi connectivity index (χ1) is 10.1. The van der Waals surface area contributed by atoms with E-state index in [-0.39, 0.29) is 11.3 Å². The van der Waals surface area contributed by atoms with E-state index in [0.29, 0.717) is 10.1 Å². The zero-order valence-electron chi connectivity index (χ0n) is 10.7. The second-order valence-electron chi connectivity index (χ2n) is 4.31. The minimum atomic E-state index is -1.01.